The first-order chi connectivity index (χ1) is 6.61. The molecule has 1 rings (SSSR count). The molecule has 4 atom stereocenters. The lowest BCUT2D eigenvalue weighted by Gasteiger charge is -2.17. The highest BCUT2D eigenvalue weighted by molar-refractivity contribution is 5.76. The van der Waals surface area contributed by atoms with E-state index in [0.717, 1.165) is 0 Å². The number of ether oxygens (including phenoxy) is 1. The lowest BCUT2D eigenvalue weighted by molar-refractivity contribution is -0.149. The third-order valence-electron chi connectivity index (χ3n) is 2.87. The van der Waals surface area contributed by atoms with Crippen molar-refractivity contribution in [2.24, 2.45) is 11.8 Å². The smallest absolute Gasteiger partial charge is 0.310 e. The summed E-state index contributed by atoms with van der Waals surface area (Å²) in [6.45, 7) is 6.17. The van der Waals surface area contributed by atoms with Crippen LogP contribution in [0.1, 0.15) is 20.8 Å². The predicted octanol–water partition coefficient (Wildman–Crippen LogP) is 0.812. The van der Waals surface area contributed by atoms with Crippen molar-refractivity contribution in [1.29, 1.82) is 5.41 Å². The van der Waals surface area contributed by atoms with E-state index in [2.05, 4.69) is 5.32 Å². The number of rotatable bonds is 3. The Bertz CT molecular complexity index is 230. The summed E-state index contributed by atoms with van der Waals surface area (Å²) >= 11 is 0. The average molecular weight is 198 g/mol. The summed E-state index contributed by atoms with van der Waals surface area (Å²) in [5.41, 5.74) is 0. The molecule has 1 aliphatic rings. The van der Waals surface area contributed by atoms with E-state index >= 15 is 0 Å². The van der Waals surface area contributed by atoms with Gasteiger partial charge in [0.25, 0.3) is 0 Å². The summed E-state index contributed by atoms with van der Waals surface area (Å²) < 4.78 is 5.01. The molecule has 0 radical (unpaired) electrons. The van der Waals surface area contributed by atoms with Crippen LogP contribution >= 0.6 is 0 Å². The Hall–Kier alpha value is -0.900. The number of nitrogens with one attached hydrogen (secondary N) is 2. The fourth-order valence-corrected chi connectivity index (χ4v) is 2.09. The van der Waals surface area contributed by atoms with Gasteiger partial charge in [-0.05, 0) is 19.8 Å². The maximum absolute atomic E-state index is 11.6. The zero-order valence-corrected chi connectivity index (χ0v) is 8.91. The summed E-state index contributed by atoms with van der Waals surface area (Å²) in [5, 5.41) is 10.4. The molecule has 4 nitrogen and oxygen atoms in total. The van der Waals surface area contributed by atoms with Crippen molar-refractivity contribution < 1.29 is 9.53 Å². The normalized spacial score (nSPS) is 36.8. The number of esters is 1. The quantitative estimate of drug-likeness (QED) is 0.521. The lowest BCUT2D eigenvalue weighted by Crippen LogP contribution is -2.32. The minimum Gasteiger partial charge on any atom is -0.466 e. The first kappa shape index (κ1) is 11.2. The van der Waals surface area contributed by atoms with Crippen LogP contribution in [0.15, 0.2) is 0 Å². The molecule has 4 heteroatoms. The number of carbonyl (C=O) groups is 1. The Kier molecular flexibility index (Phi) is 3.63. The molecular formula is C10H18N2O2. The minimum absolute atomic E-state index is 0.000550. The largest absolute Gasteiger partial charge is 0.466 e. The van der Waals surface area contributed by atoms with E-state index in [0.29, 0.717) is 6.61 Å². The molecule has 1 aliphatic heterocycles. The monoisotopic (exact) mass is 198 g/mol. The third kappa shape index (κ3) is 1.95. The van der Waals surface area contributed by atoms with Gasteiger partial charge in [-0.1, -0.05) is 6.92 Å². The van der Waals surface area contributed by atoms with E-state index in [1.807, 2.05) is 20.8 Å². The van der Waals surface area contributed by atoms with Crippen LogP contribution in [0.4, 0.5) is 0 Å². The summed E-state index contributed by atoms with van der Waals surface area (Å²) in [6.07, 6.45) is 1.36. The van der Waals surface area contributed by atoms with Crippen LogP contribution in [0, 0.1) is 17.2 Å². The van der Waals surface area contributed by atoms with Crippen LogP contribution in [0.25, 0.3) is 0 Å². The third-order valence-corrected chi connectivity index (χ3v) is 2.87. The standard InChI is InChI=1S/C10H18N2O2/c1-4-14-10(13)9-6(2)8(5-11)12-7(9)3/h5-9,11-12H,4H2,1-3H3. The van der Waals surface area contributed by atoms with Crippen molar-refractivity contribution in [1.82, 2.24) is 5.32 Å². The van der Waals surface area contributed by atoms with Gasteiger partial charge in [0.1, 0.15) is 0 Å². The van der Waals surface area contributed by atoms with E-state index in [9.17, 15) is 4.79 Å². The van der Waals surface area contributed by atoms with Crippen molar-refractivity contribution in [3.8, 4) is 0 Å². The van der Waals surface area contributed by atoms with Gasteiger partial charge in [-0.15, -0.1) is 0 Å². The van der Waals surface area contributed by atoms with Gasteiger partial charge < -0.3 is 15.5 Å². The molecule has 0 bridgehead atoms. The second-order valence-corrected chi connectivity index (χ2v) is 3.78. The molecule has 80 valence electrons. The molecule has 0 saturated carbocycles. The van der Waals surface area contributed by atoms with Gasteiger partial charge >= 0.3 is 5.97 Å². The predicted molar refractivity (Wildman–Crippen MR) is 54.5 cm³/mol. The molecule has 0 amide bonds. The van der Waals surface area contributed by atoms with E-state index in [1.54, 1.807) is 0 Å². The van der Waals surface area contributed by atoms with E-state index in [1.165, 1.54) is 6.21 Å². The van der Waals surface area contributed by atoms with Crippen LogP contribution in [-0.4, -0.2) is 30.9 Å². The Morgan fingerprint density at radius 2 is 2.21 bits per heavy atom. The molecule has 1 heterocycles. The van der Waals surface area contributed by atoms with Gasteiger partial charge in [-0.3, -0.25) is 4.79 Å². The molecule has 0 aromatic heterocycles. The number of hydrogen-bond acceptors (Lipinski definition) is 4. The number of hydrogen-bond donors (Lipinski definition) is 2. The molecule has 1 saturated heterocycles. The topological polar surface area (TPSA) is 62.2 Å². The van der Waals surface area contributed by atoms with Gasteiger partial charge in [0.2, 0.25) is 0 Å². The van der Waals surface area contributed by atoms with Gasteiger partial charge in [-0.2, -0.15) is 0 Å². The van der Waals surface area contributed by atoms with Gasteiger partial charge in [0, 0.05) is 18.3 Å². The lowest BCUT2D eigenvalue weighted by atomic mass is 9.89. The fourth-order valence-electron chi connectivity index (χ4n) is 2.09. The molecule has 14 heavy (non-hydrogen) atoms. The first-order valence-corrected chi connectivity index (χ1v) is 5.05. The maximum Gasteiger partial charge on any atom is 0.310 e. The zero-order valence-electron chi connectivity index (χ0n) is 8.91. The summed E-state index contributed by atoms with van der Waals surface area (Å²) in [6, 6.07) is 0.0926. The Morgan fingerprint density at radius 1 is 1.57 bits per heavy atom. The molecule has 0 aliphatic carbocycles. The first-order valence-electron chi connectivity index (χ1n) is 5.05. The summed E-state index contributed by atoms with van der Waals surface area (Å²) in [5.74, 6) is -0.132. The van der Waals surface area contributed by atoms with E-state index in [-0.39, 0.29) is 29.9 Å². The van der Waals surface area contributed by atoms with Crippen molar-refractivity contribution >= 4 is 12.2 Å². The summed E-state index contributed by atoms with van der Waals surface area (Å²) in [7, 11) is 0. The SMILES string of the molecule is CCOC(=O)C1C(C)NC(C=N)C1C. The van der Waals surface area contributed by atoms with Crippen LogP contribution in [0.2, 0.25) is 0 Å². The van der Waals surface area contributed by atoms with E-state index < -0.39 is 0 Å². The van der Waals surface area contributed by atoms with Crippen molar-refractivity contribution in [3.05, 3.63) is 0 Å². The van der Waals surface area contributed by atoms with Gasteiger partial charge in [0.15, 0.2) is 0 Å². The Balaban J connectivity index is 2.68. The zero-order chi connectivity index (χ0) is 10.7. The molecule has 4 unspecified atom stereocenters. The highest BCUT2D eigenvalue weighted by atomic mass is 16.5. The number of carbonyl (C=O) groups excluding carboxylic acids is 1. The van der Waals surface area contributed by atoms with Crippen molar-refractivity contribution in [2.45, 2.75) is 32.9 Å². The van der Waals surface area contributed by atoms with Crippen molar-refractivity contribution in [2.75, 3.05) is 6.61 Å². The molecule has 0 aromatic carbocycles. The van der Waals surface area contributed by atoms with Crippen molar-refractivity contribution in [3.63, 3.8) is 0 Å². The summed E-state index contributed by atoms with van der Waals surface area (Å²) in [4.78, 5) is 11.6. The highest BCUT2D eigenvalue weighted by Crippen LogP contribution is 2.27. The Morgan fingerprint density at radius 3 is 2.64 bits per heavy atom. The second-order valence-electron chi connectivity index (χ2n) is 3.78. The second kappa shape index (κ2) is 4.55. The van der Waals surface area contributed by atoms with Crippen LogP contribution in [0.5, 0.6) is 0 Å². The molecule has 2 N–H and O–H groups in total. The Labute approximate surface area is 84.5 Å². The molecular weight excluding hydrogens is 180 g/mol. The van der Waals surface area contributed by atoms with E-state index in [4.69, 9.17) is 10.1 Å². The van der Waals surface area contributed by atoms with Gasteiger partial charge in [0.05, 0.1) is 12.5 Å². The molecule has 1 fully saturated rings. The van der Waals surface area contributed by atoms with Gasteiger partial charge in [-0.25, -0.2) is 0 Å². The molecule has 0 spiro atoms. The maximum atomic E-state index is 11.6. The average Bonchev–Trinajstić information content (AvgIpc) is 2.41. The minimum atomic E-state index is -0.149. The van der Waals surface area contributed by atoms with Crippen LogP contribution in [-0.2, 0) is 9.53 Å². The van der Waals surface area contributed by atoms with Crippen LogP contribution < -0.4 is 5.32 Å². The van der Waals surface area contributed by atoms with Crippen LogP contribution in [0.3, 0.4) is 0 Å². The highest BCUT2D eigenvalue weighted by Gasteiger charge is 2.42. The fraction of sp³-hybridized carbons (Fsp3) is 0.800. The molecule has 0 aromatic rings.